The number of phenolic OH excluding ortho intramolecular Hbond substituents is 1. The fourth-order valence-electron chi connectivity index (χ4n) is 9.78. The Labute approximate surface area is 325 Å². The highest BCUT2D eigenvalue weighted by atomic mass is 19.3. The van der Waals surface area contributed by atoms with Crippen molar-refractivity contribution in [1.82, 2.24) is 20.0 Å². The minimum atomic E-state index is -3.04. The first kappa shape index (κ1) is 36.4. The van der Waals surface area contributed by atoms with Crippen LogP contribution in [0.5, 0.6) is 5.75 Å². The monoisotopic (exact) mass is 758 g/mol. The van der Waals surface area contributed by atoms with E-state index in [1.165, 1.54) is 17.8 Å². The lowest BCUT2D eigenvalue weighted by Crippen LogP contribution is -2.49. The van der Waals surface area contributed by atoms with Crippen LogP contribution in [0.25, 0.3) is 10.9 Å². The number of aromatic nitrogens is 2. The molecule has 290 valence electrons. The van der Waals surface area contributed by atoms with Crippen LogP contribution in [0.4, 0.5) is 20.2 Å². The number of nitrogens with one attached hydrogen (secondary N) is 1. The van der Waals surface area contributed by atoms with Crippen LogP contribution in [0.3, 0.4) is 0 Å². The zero-order chi connectivity index (χ0) is 38.6. The molecule has 3 fully saturated rings. The van der Waals surface area contributed by atoms with Crippen molar-refractivity contribution in [2.24, 2.45) is 13.0 Å². The number of rotatable bonds is 7. The van der Waals surface area contributed by atoms with Crippen LogP contribution < -0.4 is 15.1 Å². The number of fused-ring (bicyclic) bond motifs is 2. The summed E-state index contributed by atoms with van der Waals surface area (Å²) in [5, 5.41) is 18.3. The maximum absolute atomic E-state index is 15.6. The first-order valence-electron chi connectivity index (χ1n) is 20.0. The number of piperazine rings is 1. The van der Waals surface area contributed by atoms with E-state index in [-0.39, 0.29) is 35.5 Å². The summed E-state index contributed by atoms with van der Waals surface area (Å²) in [4.78, 5) is 31.7. The Morgan fingerprint density at radius 3 is 2.25 bits per heavy atom. The third-order valence-corrected chi connectivity index (χ3v) is 12.8. The number of carbonyl (C=O) groups is 2. The van der Waals surface area contributed by atoms with Crippen LogP contribution in [-0.4, -0.2) is 77.4 Å². The van der Waals surface area contributed by atoms with Crippen LogP contribution in [0.1, 0.15) is 77.8 Å². The molecule has 56 heavy (non-hydrogen) atoms. The molecule has 0 spiro atoms. The Kier molecular flexibility index (Phi) is 9.51. The smallest absolute Gasteiger partial charge is 0.274 e. The fraction of sp³-hybridized carbons (Fsp3) is 0.400. The van der Waals surface area contributed by atoms with Crippen LogP contribution in [-0.2, 0) is 22.6 Å². The molecule has 4 aromatic carbocycles. The first-order chi connectivity index (χ1) is 27.1. The van der Waals surface area contributed by atoms with E-state index in [1.54, 1.807) is 6.07 Å². The van der Waals surface area contributed by atoms with Crippen molar-refractivity contribution >= 4 is 34.1 Å². The number of nitrogens with zero attached hydrogens (tertiary/aromatic N) is 5. The summed E-state index contributed by atoms with van der Waals surface area (Å²) in [5.74, 6) is -4.06. The van der Waals surface area contributed by atoms with E-state index in [2.05, 4.69) is 62.5 Å². The van der Waals surface area contributed by atoms with Gasteiger partial charge in [0.05, 0.1) is 17.1 Å². The van der Waals surface area contributed by atoms with Gasteiger partial charge in [0.25, 0.3) is 5.92 Å². The molecule has 3 saturated heterocycles. The molecule has 9 nitrogen and oxygen atoms in total. The summed E-state index contributed by atoms with van der Waals surface area (Å²) in [6, 6.07) is 29.0. The van der Waals surface area contributed by atoms with Crippen LogP contribution in [0, 0.1) is 5.92 Å². The highest BCUT2D eigenvalue weighted by molar-refractivity contribution is 6.02. The lowest BCUT2D eigenvalue weighted by Gasteiger charge is -2.40. The summed E-state index contributed by atoms with van der Waals surface area (Å²) >= 11 is 0. The molecular formula is C45H48F2N6O3. The van der Waals surface area contributed by atoms with Crippen LogP contribution >= 0.6 is 0 Å². The highest BCUT2D eigenvalue weighted by Gasteiger charge is 2.47. The number of imide groups is 1. The third kappa shape index (κ3) is 6.91. The van der Waals surface area contributed by atoms with Crippen LogP contribution in [0.15, 0.2) is 91.0 Å². The van der Waals surface area contributed by atoms with Gasteiger partial charge in [0.15, 0.2) is 0 Å². The quantitative estimate of drug-likeness (QED) is 0.169. The number of phenols is 1. The molecule has 9 rings (SSSR count). The maximum Gasteiger partial charge on any atom is 0.274 e. The van der Waals surface area contributed by atoms with E-state index < -0.39 is 17.8 Å². The van der Waals surface area contributed by atoms with Gasteiger partial charge in [-0.2, -0.15) is 5.10 Å². The van der Waals surface area contributed by atoms with Gasteiger partial charge in [-0.15, -0.1) is 0 Å². The van der Waals surface area contributed by atoms with E-state index in [9.17, 15) is 14.7 Å². The molecule has 5 aromatic rings. The third-order valence-electron chi connectivity index (χ3n) is 12.8. The molecule has 3 aliphatic heterocycles. The van der Waals surface area contributed by atoms with Gasteiger partial charge < -0.3 is 14.9 Å². The summed E-state index contributed by atoms with van der Waals surface area (Å²) < 4.78 is 33.0. The second kappa shape index (κ2) is 14.7. The van der Waals surface area contributed by atoms with Crippen molar-refractivity contribution in [3.63, 3.8) is 0 Å². The van der Waals surface area contributed by atoms with E-state index in [0.717, 1.165) is 92.1 Å². The Morgan fingerprint density at radius 1 is 0.804 bits per heavy atom. The van der Waals surface area contributed by atoms with Gasteiger partial charge in [0.1, 0.15) is 5.75 Å². The van der Waals surface area contributed by atoms with E-state index >= 15 is 8.78 Å². The fourth-order valence-corrected chi connectivity index (χ4v) is 9.78. The number of aromatic hydroxyl groups is 1. The molecule has 11 heteroatoms. The molecule has 2 N–H and O–H groups in total. The molecule has 1 aliphatic carbocycles. The Bertz CT molecular complexity index is 2240. The summed E-state index contributed by atoms with van der Waals surface area (Å²) in [5.41, 5.74) is 6.48. The molecule has 2 amide bonds. The maximum atomic E-state index is 15.6. The van der Waals surface area contributed by atoms with Crippen molar-refractivity contribution in [2.45, 2.75) is 55.8 Å². The van der Waals surface area contributed by atoms with E-state index in [1.807, 2.05) is 42.1 Å². The summed E-state index contributed by atoms with van der Waals surface area (Å²) in [6.07, 6.45) is 2.76. The SMILES string of the molecule is Cn1nc(C2CCC(=O)NC2=O)c2ccc(N3CCN(CC4CCN(c5ccc([C@@H]6c7ccc(O)cc7C(F)(F)C[C@@H]6c6ccccc6)cc5)CC4)CC3)cc21. The number of halogens is 2. The molecule has 0 radical (unpaired) electrons. The van der Waals surface area contributed by atoms with Gasteiger partial charge in [-0.25, -0.2) is 8.78 Å². The van der Waals surface area contributed by atoms with Crippen molar-refractivity contribution in [3.8, 4) is 5.75 Å². The second-order valence-electron chi connectivity index (χ2n) is 16.2. The molecule has 0 saturated carbocycles. The van der Waals surface area contributed by atoms with Crippen molar-refractivity contribution < 1.29 is 23.5 Å². The highest BCUT2D eigenvalue weighted by Crippen LogP contribution is 2.55. The van der Waals surface area contributed by atoms with Crippen molar-refractivity contribution in [3.05, 3.63) is 119 Å². The average Bonchev–Trinajstić information content (AvgIpc) is 3.54. The predicted octanol–water partition coefficient (Wildman–Crippen LogP) is 7.25. The summed E-state index contributed by atoms with van der Waals surface area (Å²) in [6.45, 7) is 6.98. The van der Waals surface area contributed by atoms with Gasteiger partial charge in [0, 0.05) is 99.9 Å². The van der Waals surface area contributed by atoms with Gasteiger partial charge >= 0.3 is 0 Å². The Hall–Kier alpha value is -5.29. The number of hydrogen-bond donors (Lipinski definition) is 2. The average molecular weight is 759 g/mol. The zero-order valence-electron chi connectivity index (χ0n) is 31.7. The Balaban J connectivity index is 0.809. The molecule has 4 heterocycles. The van der Waals surface area contributed by atoms with Crippen molar-refractivity contribution in [1.29, 1.82) is 0 Å². The number of alkyl halides is 2. The number of aryl methyl sites for hydroxylation is 1. The van der Waals surface area contributed by atoms with Crippen LogP contribution in [0.2, 0.25) is 0 Å². The van der Waals surface area contributed by atoms with Crippen molar-refractivity contribution in [2.75, 3.05) is 55.6 Å². The number of hydrogen-bond acceptors (Lipinski definition) is 7. The van der Waals surface area contributed by atoms with Gasteiger partial charge in [-0.3, -0.25) is 24.5 Å². The number of benzene rings is 4. The Morgan fingerprint density at radius 2 is 1.52 bits per heavy atom. The molecular weight excluding hydrogens is 711 g/mol. The topological polar surface area (TPSA) is 93.9 Å². The zero-order valence-corrected chi connectivity index (χ0v) is 31.7. The molecule has 1 aromatic heterocycles. The molecule has 0 bridgehead atoms. The molecule has 1 unspecified atom stereocenters. The number of anilines is 2. The van der Waals surface area contributed by atoms with E-state index in [0.29, 0.717) is 24.3 Å². The molecule has 3 atom stereocenters. The minimum Gasteiger partial charge on any atom is -0.508 e. The van der Waals surface area contributed by atoms with E-state index in [4.69, 9.17) is 5.10 Å². The summed E-state index contributed by atoms with van der Waals surface area (Å²) in [7, 11) is 1.91. The lowest BCUT2D eigenvalue weighted by molar-refractivity contribution is -0.134. The number of amides is 2. The first-order valence-corrected chi connectivity index (χ1v) is 20.0. The normalized spacial score (nSPS) is 23.3. The van der Waals surface area contributed by atoms with Gasteiger partial charge in [-0.05, 0) is 84.3 Å². The second-order valence-corrected chi connectivity index (χ2v) is 16.2. The lowest BCUT2D eigenvalue weighted by atomic mass is 9.68. The molecule has 4 aliphatic rings. The van der Waals surface area contributed by atoms with Gasteiger partial charge in [0.2, 0.25) is 11.8 Å². The minimum absolute atomic E-state index is 0.0736. The van der Waals surface area contributed by atoms with Gasteiger partial charge in [-0.1, -0.05) is 48.5 Å². The predicted molar refractivity (Wildman–Crippen MR) is 214 cm³/mol. The largest absolute Gasteiger partial charge is 0.508 e. The number of piperidine rings is 2. The standard InChI is InChI=1S/C45H48F2N6O3/c1-50-40-25-33(11-13-36(40)43(49-50)37-15-16-41(55)48-44(37)56)53-23-21-51(22-24-53)28-29-17-19-52(20-18-29)32-9-7-31(8-10-32)42-35-14-12-34(54)26-39(35)45(46,47)27-38(42)30-5-3-2-4-6-30/h2-14,25-26,29,37-38,42,54H,15-24,27-28H2,1H3,(H,48,55,56)/t37?,38-,42-/m1/s1. The number of carbonyl (C=O) groups excluding carboxylic acids is 2.